The van der Waals surface area contributed by atoms with Crippen molar-refractivity contribution in [2.75, 3.05) is 39.5 Å². The molecule has 7 rings (SSSR count). The third kappa shape index (κ3) is 4.53. The first-order valence-corrected chi connectivity index (χ1v) is 14.6. The number of hydrogen-bond acceptors (Lipinski definition) is 5. The van der Waals surface area contributed by atoms with Crippen molar-refractivity contribution in [3.8, 4) is 11.3 Å². The van der Waals surface area contributed by atoms with Crippen molar-refractivity contribution in [3.05, 3.63) is 106 Å². The second kappa shape index (κ2) is 10.3. The summed E-state index contributed by atoms with van der Waals surface area (Å²) in [5, 5.41) is 5.70. The van der Waals surface area contributed by atoms with Crippen molar-refractivity contribution in [1.82, 2.24) is 14.8 Å². The molecule has 0 spiro atoms. The fraction of sp³-hybridized carbons (Fsp3) is 0.303. The highest BCUT2D eigenvalue weighted by Gasteiger charge is 2.54. The summed E-state index contributed by atoms with van der Waals surface area (Å²) in [6, 6.07) is 24.7. The van der Waals surface area contributed by atoms with E-state index in [0.717, 1.165) is 24.2 Å². The Balaban J connectivity index is 1.19. The van der Waals surface area contributed by atoms with E-state index in [-0.39, 0.29) is 23.7 Å². The van der Waals surface area contributed by atoms with Gasteiger partial charge in [-0.2, -0.15) is 0 Å². The molecule has 0 radical (unpaired) electrons. The molecule has 1 aromatic heterocycles. The molecule has 2 amide bonds. The quantitative estimate of drug-likeness (QED) is 0.303. The van der Waals surface area contributed by atoms with Crippen LogP contribution in [0.2, 0.25) is 0 Å². The van der Waals surface area contributed by atoms with E-state index in [1.165, 1.54) is 33.6 Å². The summed E-state index contributed by atoms with van der Waals surface area (Å²) in [5.74, 6) is 0.223. The summed E-state index contributed by atoms with van der Waals surface area (Å²) in [4.78, 5) is 35.2. The molecule has 204 valence electrons. The van der Waals surface area contributed by atoms with E-state index < -0.39 is 5.41 Å². The van der Waals surface area contributed by atoms with Crippen LogP contribution in [0.15, 0.2) is 78.2 Å². The molecule has 1 N–H and O–H groups in total. The van der Waals surface area contributed by atoms with Crippen molar-refractivity contribution < 1.29 is 9.59 Å². The summed E-state index contributed by atoms with van der Waals surface area (Å²) in [7, 11) is 5.81. The van der Waals surface area contributed by atoms with Crippen molar-refractivity contribution in [2.24, 2.45) is 5.41 Å². The monoisotopic (exact) mass is 550 g/mol. The van der Waals surface area contributed by atoms with Crippen LogP contribution in [0.25, 0.3) is 11.3 Å². The Morgan fingerprint density at radius 3 is 2.10 bits per heavy atom. The average Bonchev–Trinajstić information content (AvgIpc) is 3.44. The molecule has 3 aliphatic rings. The number of hydrogen-bond donors (Lipinski definition) is 1. The van der Waals surface area contributed by atoms with E-state index in [1.54, 1.807) is 4.90 Å². The number of rotatable bonds is 7. The number of thiazole rings is 1. The topological polar surface area (TPSA) is 65.5 Å². The fourth-order valence-electron chi connectivity index (χ4n) is 6.35. The number of anilines is 1. The minimum absolute atomic E-state index is 0.00204. The van der Waals surface area contributed by atoms with E-state index in [2.05, 4.69) is 65.7 Å². The highest BCUT2D eigenvalue weighted by atomic mass is 32.1. The number of fused-ring (bicyclic) bond motifs is 1. The lowest BCUT2D eigenvalue weighted by Crippen LogP contribution is -2.47. The van der Waals surface area contributed by atoms with Crippen LogP contribution >= 0.6 is 11.3 Å². The molecule has 0 saturated carbocycles. The first-order valence-electron chi connectivity index (χ1n) is 13.7. The Kier molecular flexibility index (Phi) is 6.80. The van der Waals surface area contributed by atoms with Gasteiger partial charge in [0.1, 0.15) is 0 Å². The number of likely N-dealkylation sites (N-methyl/N-ethyl adjacent to an activating group) is 2. The third-order valence-corrected chi connectivity index (χ3v) is 9.29. The van der Waals surface area contributed by atoms with E-state index in [1.807, 2.05) is 50.8 Å². The van der Waals surface area contributed by atoms with Gasteiger partial charge in [0.15, 0.2) is 5.13 Å². The molecule has 4 aromatic rings. The third-order valence-electron chi connectivity index (χ3n) is 8.53. The molecule has 1 unspecified atom stereocenters. The lowest BCUT2D eigenvalue weighted by atomic mass is 9.52. The van der Waals surface area contributed by atoms with Crippen LogP contribution in [0.1, 0.15) is 57.8 Å². The van der Waals surface area contributed by atoms with E-state index in [4.69, 9.17) is 4.98 Å². The van der Waals surface area contributed by atoms with Crippen LogP contribution in [-0.2, 0) is 4.79 Å². The van der Waals surface area contributed by atoms with Crippen LogP contribution in [0.4, 0.5) is 5.13 Å². The molecular formula is C33H34N4O2S. The zero-order valence-electron chi connectivity index (χ0n) is 23.3. The molecule has 1 atom stereocenters. The van der Waals surface area contributed by atoms with E-state index in [9.17, 15) is 9.59 Å². The largest absolute Gasteiger partial charge is 0.340 e. The molecular weight excluding hydrogens is 516 g/mol. The zero-order valence-corrected chi connectivity index (χ0v) is 24.2. The second-order valence-corrected chi connectivity index (χ2v) is 12.3. The Labute approximate surface area is 239 Å². The van der Waals surface area contributed by atoms with Gasteiger partial charge in [0.2, 0.25) is 5.91 Å². The molecule has 7 heteroatoms. The maximum atomic E-state index is 13.9. The van der Waals surface area contributed by atoms with Gasteiger partial charge >= 0.3 is 0 Å². The lowest BCUT2D eigenvalue weighted by Gasteiger charge is -2.50. The summed E-state index contributed by atoms with van der Waals surface area (Å²) in [5.41, 5.74) is 6.97. The summed E-state index contributed by atoms with van der Waals surface area (Å²) >= 11 is 1.43. The number of aromatic nitrogens is 1. The van der Waals surface area contributed by atoms with Crippen molar-refractivity contribution in [1.29, 1.82) is 0 Å². The lowest BCUT2D eigenvalue weighted by molar-refractivity contribution is -0.126. The number of carbonyl (C=O) groups excluding carboxylic acids is 2. The predicted octanol–water partition coefficient (Wildman–Crippen LogP) is 6.07. The molecule has 2 bridgehead atoms. The van der Waals surface area contributed by atoms with Gasteiger partial charge in [0, 0.05) is 48.5 Å². The maximum Gasteiger partial charge on any atom is 0.253 e. The Morgan fingerprint density at radius 1 is 0.900 bits per heavy atom. The Hall–Kier alpha value is -3.81. The predicted molar refractivity (Wildman–Crippen MR) is 161 cm³/mol. The first kappa shape index (κ1) is 26.4. The first-order chi connectivity index (χ1) is 19.3. The minimum Gasteiger partial charge on any atom is -0.340 e. The molecule has 40 heavy (non-hydrogen) atoms. The smallest absolute Gasteiger partial charge is 0.253 e. The SMILES string of the molecule is CN(C)CCN(C)C(=O)c1ccc(-c2csc(NC(=O)C3(C)CC4c5ccccc5C3c3ccccc34)n2)cc1. The number of nitrogens with one attached hydrogen (secondary N) is 1. The number of benzene rings is 3. The van der Waals surface area contributed by atoms with Gasteiger partial charge < -0.3 is 15.1 Å². The van der Waals surface area contributed by atoms with Crippen LogP contribution in [0, 0.1) is 5.41 Å². The molecule has 0 saturated heterocycles. The summed E-state index contributed by atoms with van der Waals surface area (Å²) < 4.78 is 0. The van der Waals surface area contributed by atoms with Gasteiger partial charge in [0.25, 0.3) is 5.91 Å². The van der Waals surface area contributed by atoms with Gasteiger partial charge in [0.05, 0.1) is 11.1 Å². The van der Waals surface area contributed by atoms with Crippen molar-refractivity contribution >= 4 is 28.3 Å². The van der Waals surface area contributed by atoms with Gasteiger partial charge in [-0.15, -0.1) is 11.3 Å². The molecule has 0 aliphatic heterocycles. The van der Waals surface area contributed by atoms with Crippen LogP contribution in [0.5, 0.6) is 0 Å². The normalized spacial score (nSPS) is 20.6. The van der Waals surface area contributed by atoms with Gasteiger partial charge in [-0.3, -0.25) is 9.59 Å². The molecule has 6 nitrogen and oxygen atoms in total. The molecule has 1 heterocycles. The second-order valence-electron chi connectivity index (χ2n) is 11.5. The average molecular weight is 551 g/mol. The molecule has 3 aromatic carbocycles. The number of nitrogens with zero attached hydrogens (tertiary/aromatic N) is 3. The maximum absolute atomic E-state index is 13.9. The molecule has 3 aliphatic carbocycles. The van der Waals surface area contributed by atoms with Crippen molar-refractivity contribution in [2.45, 2.75) is 25.2 Å². The number of amides is 2. The summed E-state index contributed by atoms with van der Waals surface area (Å²) in [6.45, 7) is 3.58. The minimum atomic E-state index is -0.584. The van der Waals surface area contributed by atoms with Crippen LogP contribution in [-0.4, -0.2) is 60.8 Å². The summed E-state index contributed by atoms with van der Waals surface area (Å²) in [6.07, 6.45) is 0.772. The van der Waals surface area contributed by atoms with Crippen LogP contribution in [0.3, 0.4) is 0 Å². The Morgan fingerprint density at radius 2 is 1.50 bits per heavy atom. The highest BCUT2D eigenvalue weighted by Crippen LogP contribution is 2.61. The standard InChI is InChI=1S/C33H34N4O2S/c1-33(19-27-23-9-5-7-11-25(23)29(33)26-12-8-6-10-24(26)27)31(39)35-32-34-28(20-40-32)21-13-15-22(16-14-21)30(38)37(4)18-17-36(2)3/h5-16,20,27,29H,17-19H2,1-4H3,(H,34,35,39). The zero-order chi connectivity index (χ0) is 28.0. The van der Waals surface area contributed by atoms with Gasteiger partial charge in [-0.25, -0.2) is 4.98 Å². The highest BCUT2D eigenvalue weighted by molar-refractivity contribution is 7.14. The fourth-order valence-corrected chi connectivity index (χ4v) is 7.06. The van der Waals surface area contributed by atoms with Gasteiger partial charge in [-0.1, -0.05) is 60.7 Å². The Bertz CT molecular complexity index is 1530. The number of carbonyl (C=O) groups is 2. The van der Waals surface area contributed by atoms with E-state index in [0.29, 0.717) is 17.2 Å². The van der Waals surface area contributed by atoms with Gasteiger partial charge in [-0.05, 0) is 61.8 Å². The van der Waals surface area contributed by atoms with Crippen LogP contribution < -0.4 is 5.32 Å². The van der Waals surface area contributed by atoms with Crippen molar-refractivity contribution in [3.63, 3.8) is 0 Å². The molecule has 0 fully saturated rings. The van der Waals surface area contributed by atoms with E-state index >= 15 is 0 Å².